The van der Waals surface area contributed by atoms with Crippen LogP contribution in [0.15, 0.2) is 42.5 Å². The van der Waals surface area contributed by atoms with Gasteiger partial charge in [-0.15, -0.1) is 0 Å². The Morgan fingerprint density at radius 3 is 2.90 bits per heavy atom. The number of fused-ring (bicyclic) bond motifs is 1. The smallest absolute Gasteiger partial charge is 0.256 e. The van der Waals surface area contributed by atoms with Crippen molar-refractivity contribution in [3.8, 4) is 5.75 Å². The Bertz CT molecular complexity index is 668. The summed E-state index contributed by atoms with van der Waals surface area (Å²) in [5.41, 5.74) is 3.79. The number of anilines is 1. The lowest BCUT2D eigenvalue weighted by molar-refractivity contribution is 0.102. The van der Waals surface area contributed by atoms with Crippen LogP contribution >= 0.6 is 0 Å². The van der Waals surface area contributed by atoms with Crippen molar-refractivity contribution >= 4 is 11.6 Å². The molecular formula is C17H18N2O2. The number of methoxy groups -OCH3 is 1. The number of benzene rings is 2. The molecule has 21 heavy (non-hydrogen) atoms. The number of amides is 1. The van der Waals surface area contributed by atoms with Gasteiger partial charge in [-0.05, 0) is 42.3 Å². The average molecular weight is 282 g/mol. The minimum atomic E-state index is -0.0850. The third-order valence-electron chi connectivity index (χ3n) is 3.74. The van der Waals surface area contributed by atoms with E-state index in [0.29, 0.717) is 11.4 Å². The van der Waals surface area contributed by atoms with Crippen molar-refractivity contribution in [3.05, 3.63) is 59.2 Å². The number of para-hydroxylation sites is 2. The second kappa shape index (κ2) is 5.97. The quantitative estimate of drug-likeness (QED) is 0.909. The van der Waals surface area contributed by atoms with E-state index in [1.54, 1.807) is 7.11 Å². The maximum Gasteiger partial charge on any atom is 0.256 e. The van der Waals surface area contributed by atoms with E-state index in [1.807, 2.05) is 36.4 Å². The Morgan fingerprint density at radius 1 is 1.19 bits per heavy atom. The maximum atomic E-state index is 12.6. The van der Waals surface area contributed by atoms with Gasteiger partial charge in [0.25, 0.3) is 5.91 Å². The zero-order valence-corrected chi connectivity index (χ0v) is 12.0. The van der Waals surface area contributed by atoms with E-state index in [4.69, 9.17) is 4.74 Å². The molecule has 1 aliphatic heterocycles. The highest BCUT2D eigenvalue weighted by Crippen LogP contribution is 2.25. The van der Waals surface area contributed by atoms with Crippen molar-refractivity contribution in [2.75, 3.05) is 19.0 Å². The van der Waals surface area contributed by atoms with Gasteiger partial charge >= 0.3 is 0 Å². The molecule has 108 valence electrons. The van der Waals surface area contributed by atoms with Crippen molar-refractivity contribution in [2.45, 2.75) is 13.0 Å². The Kier molecular flexibility index (Phi) is 3.88. The lowest BCUT2D eigenvalue weighted by Crippen LogP contribution is -2.26. The van der Waals surface area contributed by atoms with E-state index < -0.39 is 0 Å². The molecule has 0 bridgehead atoms. The highest BCUT2D eigenvalue weighted by atomic mass is 16.5. The fourth-order valence-electron chi connectivity index (χ4n) is 2.68. The van der Waals surface area contributed by atoms with E-state index in [9.17, 15) is 4.79 Å². The van der Waals surface area contributed by atoms with Crippen LogP contribution in [0.25, 0.3) is 0 Å². The summed E-state index contributed by atoms with van der Waals surface area (Å²) in [6.07, 6.45) is 0.880. The lowest BCUT2D eigenvalue weighted by atomic mass is 9.95. The summed E-state index contributed by atoms with van der Waals surface area (Å²) < 4.78 is 5.27. The Morgan fingerprint density at radius 2 is 2.05 bits per heavy atom. The molecule has 0 saturated carbocycles. The molecule has 1 heterocycles. The third-order valence-corrected chi connectivity index (χ3v) is 3.74. The van der Waals surface area contributed by atoms with Crippen molar-refractivity contribution in [1.29, 1.82) is 0 Å². The second-order valence-corrected chi connectivity index (χ2v) is 5.02. The SMILES string of the molecule is COc1ccccc1NC(=O)c1cccc2c1CCNC2. The third kappa shape index (κ3) is 2.76. The van der Waals surface area contributed by atoms with Gasteiger partial charge in [-0.1, -0.05) is 24.3 Å². The highest BCUT2D eigenvalue weighted by Gasteiger charge is 2.18. The zero-order valence-electron chi connectivity index (χ0n) is 12.0. The number of nitrogens with one attached hydrogen (secondary N) is 2. The molecule has 4 nitrogen and oxygen atoms in total. The standard InChI is InChI=1S/C17H18N2O2/c1-21-16-8-3-2-7-15(16)19-17(20)14-6-4-5-12-11-18-10-9-13(12)14/h2-8,18H,9-11H2,1H3,(H,19,20). The molecule has 0 aliphatic carbocycles. The van der Waals surface area contributed by atoms with Crippen LogP contribution in [0.1, 0.15) is 21.5 Å². The Balaban J connectivity index is 1.89. The number of ether oxygens (including phenoxy) is 1. The first-order valence-electron chi connectivity index (χ1n) is 7.05. The molecule has 2 aromatic carbocycles. The van der Waals surface area contributed by atoms with Gasteiger partial charge < -0.3 is 15.4 Å². The zero-order chi connectivity index (χ0) is 14.7. The first-order chi connectivity index (χ1) is 10.3. The summed E-state index contributed by atoms with van der Waals surface area (Å²) in [6, 6.07) is 13.3. The number of hydrogen-bond acceptors (Lipinski definition) is 3. The van der Waals surface area contributed by atoms with Gasteiger partial charge in [0.15, 0.2) is 0 Å². The molecule has 0 atom stereocenters. The fraction of sp³-hybridized carbons (Fsp3) is 0.235. The van der Waals surface area contributed by atoms with E-state index in [1.165, 1.54) is 5.56 Å². The molecular weight excluding hydrogens is 264 g/mol. The van der Waals surface area contributed by atoms with Gasteiger partial charge in [-0.25, -0.2) is 0 Å². The second-order valence-electron chi connectivity index (χ2n) is 5.02. The van der Waals surface area contributed by atoms with Crippen LogP contribution in [0.4, 0.5) is 5.69 Å². The topological polar surface area (TPSA) is 50.4 Å². The van der Waals surface area contributed by atoms with Gasteiger partial charge in [-0.3, -0.25) is 4.79 Å². The summed E-state index contributed by atoms with van der Waals surface area (Å²) in [6.45, 7) is 1.73. The van der Waals surface area contributed by atoms with Crippen LogP contribution in [-0.2, 0) is 13.0 Å². The van der Waals surface area contributed by atoms with Gasteiger partial charge in [0, 0.05) is 12.1 Å². The summed E-state index contributed by atoms with van der Waals surface area (Å²) in [7, 11) is 1.60. The fourth-order valence-corrected chi connectivity index (χ4v) is 2.68. The summed E-state index contributed by atoms with van der Waals surface area (Å²) in [5, 5.41) is 6.27. The Labute approximate surface area is 124 Å². The molecule has 0 unspecified atom stereocenters. The summed E-state index contributed by atoms with van der Waals surface area (Å²) in [5.74, 6) is 0.579. The maximum absolute atomic E-state index is 12.6. The van der Waals surface area contributed by atoms with Gasteiger partial charge in [-0.2, -0.15) is 0 Å². The van der Waals surface area contributed by atoms with E-state index in [-0.39, 0.29) is 5.91 Å². The summed E-state index contributed by atoms with van der Waals surface area (Å²) in [4.78, 5) is 12.6. The number of carbonyl (C=O) groups excluding carboxylic acids is 1. The summed E-state index contributed by atoms with van der Waals surface area (Å²) >= 11 is 0. The minimum absolute atomic E-state index is 0.0850. The molecule has 2 aromatic rings. The van der Waals surface area contributed by atoms with Crippen LogP contribution in [0.2, 0.25) is 0 Å². The molecule has 3 rings (SSSR count). The van der Waals surface area contributed by atoms with E-state index in [0.717, 1.165) is 30.6 Å². The van der Waals surface area contributed by atoms with Crippen LogP contribution < -0.4 is 15.4 Å². The monoisotopic (exact) mass is 282 g/mol. The molecule has 2 N–H and O–H groups in total. The minimum Gasteiger partial charge on any atom is -0.495 e. The Hall–Kier alpha value is -2.33. The van der Waals surface area contributed by atoms with E-state index >= 15 is 0 Å². The van der Waals surface area contributed by atoms with Crippen LogP contribution in [0, 0.1) is 0 Å². The van der Waals surface area contributed by atoms with E-state index in [2.05, 4.69) is 16.7 Å². The van der Waals surface area contributed by atoms with Crippen LogP contribution in [0.3, 0.4) is 0 Å². The van der Waals surface area contributed by atoms with Crippen molar-refractivity contribution in [2.24, 2.45) is 0 Å². The van der Waals surface area contributed by atoms with Crippen LogP contribution in [0.5, 0.6) is 5.75 Å². The van der Waals surface area contributed by atoms with Gasteiger partial charge in [0.2, 0.25) is 0 Å². The van der Waals surface area contributed by atoms with Crippen LogP contribution in [-0.4, -0.2) is 19.6 Å². The molecule has 0 saturated heterocycles. The number of rotatable bonds is 3. The highest BCUT2D eigenvalue weighted by molar-refractivity contribution is 6.06. The predicted octanol–water partition coefficient (Wildman–Crippen LogP) is 2.59. The first-order valence-corrected chi connectivity index (χ1v) is 7.05. The average Bonchev–Trinajstić information content (AvgIpc) is 2.54. The van der Waals surface area contributed by atoms with Crippen molar-refractivity contribution < 1.29 is 9.53 Å². The first kappa shape index (κ1) is 13.6. The largest absolute Gasteiger partial charge is 0.495 e. The molecule has 1 aliphatic rings. The lowest BCUT2D eigenvalue weighted by Gasteiger charge is -2.20. The molecule has 0 radical (unpaired) electrons. The van der Waals surface area contributed by atoms with Crippen molar-refractivity contribution in [1.82, 2.24) is 5.32 Å². The van der Waals surface area contributed by atoms with Gasteiger partial charge in [0.05, 0.1) is 12.8 Å². The van der Waals surface area contributed by atoms with Crippen molar-refractivity contribution in [3.63, 3.8) is 0 Å². The number of carbonyl (C=O) groups is 1. The molecule has 1 amide bonds. The number of hydrogen-bond donors (Lipinski definition) is 2. The van der Waals surface area contributed by atoms with Gasteiger partial charge in [0.1, 0.15) is 5.75 Å². The molecule has 4 heteroatoms. The molecule has 0 spiro atoms. The molecule has 0 fully saturated rings. The molecule has 0 aromatic heterocycles. The normalized spacial score (nSPS) is 13.4. The predicted molar refractivity (Wildman–Crippen MR) is 82.8 cm³/mol.